The fraction of sp³-hybridized carbons (Fsp3) is 0. The number of rotatable bonds is 3. The molecular weight excluding hydrogens is 330 g/mol. The van der Waals surface area contributed by atoms with Crippen molar-refractivity contribution in [2.24, 2.45) is 0 Å². The van der Waals surface area contributed by atoms with Gasteiger partial charge in [-0.25, -0.2) is 9.97 Å². The molecule has 0 amide bonds. The van der Waals surface area contributed by atoms with E-state index in [1.165, 1.54) is 12.4 Å². The Bertz CT molecular complexity index is 1120. The summed E-state index contributed by atoms with van der Waals surface area (Å²) >= 11 is 0. The number of nitriles is 1. The normalized spacial score (nSPS) is 10.4. The minimum atomic E-state index is 0.151. The summed E-state index contributed by atoms with van der Waals surface area (Å²) in [5.41, 5.74) is 8.40. The molecule has 124 valence electrons. The van der Waals surface area contributed by atoms with Gasteiger partial charge in [0.25, 0.3) is 5.89 Å². The van der Waals surface area contributed by atoms with Crippen LogP contribution in [0.15, 0.2) is 59.4 Å². The van der Waals surface area contributed by atoms with Crippen molar-refractivity contribution in [1.82, 2.24) is 25.1 Å². The summed E-state index contributed by atoms with van der Waals surface area (Å²) < 4.78 is 5.70. The second-order valence-electron chi connectivity index (χ2n) is 5.30. The van der Waals surface area contributed by atoms with Crippen molar-refractivity contribution in [3.05, 3.63) is 60.6 Å². The van der Waals surface area contributed by atoms with Crippen molar-refractivity contribution >= 4 is 5.82 Å². The second kappa shape index (κ2) is 6.41. The molecule has 26 heavy (non-hydrogen) atoms. The van der Waals surface area contributed by atoms with E-state index in [4.69, 9.17) is 10.2 Å². The molecule has 0 unspecified atom stereocenters. The first kappa shape index (κ1) is 15.4. The molecule has 0 saturated heterocycles. The Kier molecular flexibility index (Phi) is 3.80. The zero-order valence-electron chi connectivity index (χ0n) is 13.4. The molecule has 4 aromatic rings. The number of nitrogen functional groups attached to an aromatic ring is 1. The van der Waals surface area contributed by atoms with Crippen LogP contribution in [0.4, 0.5) is 5.82 Å². The van der Waals surface area contributed by atoms with Gasteiger partial charge in [0.15, 0.2) is 11.5 Å². The summed E-state index contributed by atoms with van der Waals surface area (Å²) in [6.45, 7) is 0. The topological polar surface area (TPSA) is 127 Å². The Morgan fingerprint density at radius 3 is 2.62 bits per heavy atom. The molecule has 8 nitrogen and oxygen atoms in total. The SMILES string of the molecule is N#Cc1ccncc1-c1cnc(N)c(-c2nnc(-c3ccccc3)o2)n1. The van der Waals surface area contributed by atoms with Gasteiger partial charge in [-0.2, -0.15) is 5.26 Å². The quantitative estimate of drug-likeness (QED) is 0.602. The largest absolute Gasteiger partial charge is 0.414 e. The molecule has 3 aromatic heterocycles. The second-order valence-corrected chi connectivity index (χ2v) is 5.30. The van der Waals surface area contributed by atoms with Gasteiger partial charge >= 0.3 is 0 Å². The molecule has 3 heterocycles. The first-order chi connectivity index (χ1) is 12.8. The standard InChI is InChI=1S/C18H11N7O/c19-8-12-6-7-21-9-13(12)14-10-22-16(20)15(23-14)18-25-24-17(26-18)11-4-2-1-3-5-11/h1-7,9-10H,(H2,20,22). The Morgan fingerprint density at radius 1 is 1.00 bits per heavy atom. The van der Waals surface area contributed by atoms with E-state index in [9.17, 15) is 5.26 Å². The maximum absolute atomic E-state index is 9.26. The van der Waals surface area contributed by atoms with E-state index in [-0.39, 0.29) is 17.4 Å². The third kappa shape index (κ3) is 2.74. The Labute approximate surface area is 148 Å². The highest BCUT2D eigenvalue weighted by Gasteiger charge is 2.17. The van der Waals surface area contributed by atoms with Gasteiger partial charge < -0.3 is 10.2 Å². The first-order valence-corrected chi connectivity index (χ1v) is 7.62. The van der Waals surface area contributed by atoms with E-state index in [1.807, 2.05) is 30.3 Å². The zero-order valence-corrected chi connectivity index (χ0v) is 13.4. The number of hydrogen-bond acceptors (Lipinski definition) is 8. The fourth-order valence-electron chi connectivity index (χ4n) is 2.40. The molecular formula is C18H11N7O. The van der Waals surface area contributed by atoms with Gasteiger partial charge in [-0.1, -0.05) is 18.2 Å². The van der Waals surface area contributed by atoms with E-state index in [0.29, 0.717) is 22.7 Å². The van der Waals surface area contributed by atoms with Crippen LogP contribution in [0.5, 0.6) is 0 Å². The van der Waals surface area contributed by atoms with E-state index < -0.39 is 0 Å². The van der Waals surface area contributed by atoms with Crippen LogP contribution in [-0.4, -0.2) is 25.1 Å². The minimum absolute atomic E-state index is 0.151. The van der Waals surface area contributed by atoms with Crippen LogP contribution >= 0.6 is 0 Å². The first-order valence-electron chi connectivity index (χ1n) is 7.62. The monoisotopic (exact) mass is 341 g/mol. The lowest BCUT2D eigenvalue weighted by Crippen LogP contribution is -2.00. The van der Waals surface area contributed by atoms with Gasteiger partial charge in [0.05, 0.1) is 23.5 Å². The van der Waals surface area contributed by atoms with Gasteiger partial charge in [-0.05, 0) is 18.2 Å². The van der Waals surface area contributed by atoms with E-state index >= 15 is 0 Å². The average Bonchev–Trinajstić information content (AvgIpc) is 3.19. The number of pyridine rings is 1. The lowest BCUT2D eigenvalue weighted by atomic mass is 10.1. The molecule has 4 rings (SSSR count). The van der Waals surface area contributed by atoms with Crippen molar-refractivity contribution in [3.63, 3.8) is 0 Å². The molecule has 0 aliphatic heterocycles. The van der Waals surface area contributed by atoms with Crippen molar-refractivity contribution in [1.29, 1.82) is 5.26 Å². The van der Waals surface area contributed by atoms with Crippen LogP contribution in [0.1, 0.15) is 5.56 Å². The Hall–Kier alpha value is -4.12. The maximum Gasteiger partial charge on any atom is 0.270 e. The van der Waals surface area contributed by atoms with E-state index in [0.717, 1.165) is 5.56 Å². The van der Waals surface area contributed by atoms with Crippen LogP contribution < -0.4 is 5.73 Å². The van der Waals surface area contributed by atoms with Crippen molar-refractivity contribution in [3.8, 4) is 40.4 Å². The lowest BCUT2D eigenvalue weighted by Gasteiger charge is -2.05. The highest BCUT2D eigenvalue weighted by Crippen LogP contribution is 2.28. The Balaban J connectivity index is 1.79. The number of aromatic nitrogens is 5. The van der Waals surface area contributed by atoms with Gasteiger partial charge in [0, 0.05) is 23.5 Å². The van der Waals surface area contributed by atoms with Crippen LogP contribution in [0.25, 0.3) is 34.3 Å². The van der Waals surface area contributed by atoms with Crippen molar-refractivity contribution < 1.29 is 4.42 Å². The van der Waals surface area contributed by atoms with Crippen LogP contribution in [-0.2, 0) is 0 Å². The molecule has 0 aliphatic rings. The van der Waals surface area contributed by atoms with Crippen LogP contribution in [0, 0.1) is 11.3 Å². The van der Waals surface area contributed by atoms with Gasteiger partial charge in [0.1, 0.15) is 0 Å². The van der Waals surface area contributed by atoms with Gasteiger partial charge in [-0.3, -0.25) is 4.98 Å². The number of hydrogen-bond donors (Lipinski definition) is 1. The molecule has 0 fully saturated rings. The number of nitrogens with two attached hydrogens (primary N) is 1. The summed E-state index contributed by atoms with van der Waals surface area (Å²) in [6, 6.07) is 13.1. The molecule has 0 radical (unpaired) electrons. The lowest BCUT2D eigenvalue weighted by molar-refractivity contribution is 0.582. The van der Waals surface area contributed by atoms with Gasteiger partial charge in [-0.15, -0.1) is 10.2 Å². The van der Waals surface area contributed by atoms with Crippen LogP contribution in [0.2, 0.25) is 0 Å². The van der Waals surface area contributed by atoms with Crippen molar-refractivity contribution in [2.75, 3.05) is 5.73 Å². The summed E-state index contributed by atoms with van der Waals surface area (Å²) in [5.74, 6) is 0.656. The average molecular weight is 341 g/mol. The fourth-order valence-corrected chi connectivity index (χ4v) is 2.40. The molecule has 1 aromatic carbocycles. The third-order valence-corrected chi connectivity index (χ3v) is 3.67. The number of nitrogens with zero attached hydrogens (tertiary/aromatic N) is 6. The number of anilines is 1. The van der Waals surface area contributed by atoms with E-state index in [2.05, 4.69) is 31.2 Å². The summed E-state index contributed by atoms with van der Waals surface area (Å²) in [6.07, 6.45) is 4.56. The van der Waals surface area contributed by atoms with Crippen LogP contribution in [0.3, 0.4) is 0 Å². The molecule has 2 N–H and O–H groups in total. The number of benzene rings is 1. The highest BCUT2D eigenvalue weighted by atomic mass is 16.4. The van der Waals surface area contributed by atoms with Gasteiger partial charge in [0.2, 0.25) is 5.89 Å². The van der Waals surface area contributed by atoms with E-state index in [1.54, 1.807) is 12.3 Å². The molecule has 0 spiro atoms. The summed E-state index contributed by atoms with van der Waals surface area (Å²) in [4.78, 5) is 12.6. The maximum atomic E-state index is 9.26. The molecule has 0 saturated carbocycles. The molecule has 0 aliphatic carbocycles. The zero-order chi connectivity index (χ0) is 17.9. The molecule has 0 bridgehead atoms. The summed E-state index contributed by atoms with van der Waals surface area (Å²) in [7, 11) is 0. The summed E-state index contributed by atoms with van der Waals surface area (Å²) in [5, 5.41) is 17.3. The highest BCUT2D eigenvalue weighted by molar-refractivity contribution is 5.71. The third-order valence-electron chi connectivity index (χ3n) is 3.67. The smallest absolute Gasteiger partial charge is 0.270 e. The minimum Gasteiger partial charge on any atom is -0.414 e. The molecule has 8 heteroatoms. The Morgan fingerprint density at radius 2 is 1.81 bits per heavy atom. The predicted octanol–water partition coefficient (Wildman–Crippen LogP) is 2.71. The predicted molar refractivity (Wildman–Crippen MR) is 93.1 cm³/mol. The van der Waals surface area contributed by atoms with Crippen molar-refractivity contribution in [2.45, 2.75) is 0 Å². The molecule has 0 atom stereocenters.